The van der Waals surface area contributed by atoms with Gasteiger partial charge >= 0.3 is 0 Å². The third-order valence-electron chi connectivity index (χ3n) is 2.41. The molecule has 1 aromatic carbocycles. The lowest BCUT2D eigenvalue weighted by molar-refractivity contribution is -0.384. The highest BCUT2D eigenvalue weighted by molar-refractivity contribution is 7.15. The molecule has 0 bridgehead atoms. The lowest BCUT2D eigenvalue weighted by Crippen LogP contribution is -2.10. The molecule has 0 atom stereocenters. The van der Waals surface area contributed by atoms with E-state index in [1.54, 1.807) is 23.5 Å². The standard InChI is InChI=1S/C12H13N3O2S/c1-2-13-7-11-8-14-12(18-11)9-4-3-5-10(6-9)15(16)17/h3-6,8,13H,2,7H2,1H3. The Labute approximate surface area is 109 Å². The molecule has 0 amide bonds. The van der Waals surface area contributed by atoms with Crippen molar-refractivity contribution in [1.82, 2.24) is 10.3 Å². The maximum absolute atomic E-state index is 10.7. The topological polar surface area (TPSA) is 68.1 Å². The maximum Gasteiger partial charge on any atom is 0.270 e. The molecule has 0 saturated heterocycles. The number of rotatable bonds is 5. The van der Waals surface area contributed by atoms with Crippen molar-refractivity contribution in [3.8, 4) is 10.6 Å². The molecule has 0 radical (unpaired) electrons. The van der Waals surface area contributed by atoms with Gasteiger partial charge in [-0.2, -0.15) is 0 Å². The average Bonchev–Trinajstić information content (AvgIpc) is 2.85. The molecular formula is C12H13N3O2S. The molecule has 1 N–H and O–H groups in total. The van der Waals surface area contributed by atoms with Gasteiger partial charge in [0.15, 0.2) is 0 Å². The number of benzene rings is 1. The van der Waals surface area contributed by atoms with E-state index in [9.17, 15) is 10.1 Å². The summed E-state index contributed by atoms with van der Waals surface area (Å²) in [5, 5.41) is 14.7. The third kappa shape index (κ3) is 2.91. The fourth-order valence-electron chi connectivity index (χ4n) is 1.52. The predicted molar refractivity (Wildman–Crippen MR) is 71.6 cm³/mol. The van der Waals surface area contributed by atoms with Crippen molar-refractivity contribution in [1.29, 1.82) is 0 Å². The van der Waals surface area contributed by atoms with Gasteiger partial charge in [-0.3, -0.25) is 10.1 Å². The number of non-ortho nitro benzene ring substituents is 1. The summed E-state index contributed by atoms with van der Waals surface area (Å²) < 4.78 is 0. The van der Waals surface area contributed by atoms with Crippen LogP contribution in [0, 0.1) is 10.1 Å². The molecule has 0 unspecified atom stereocenters. The van der Waals surface area contributed by atoms with Gasteiger partial charge < -0.3 is 5.32 Å². The Balaban J connectivity index is 2.23. The Kier molecular flexibility index (Phi) is 4.01. The first kappa shape index (κ1) is 12.7. The van der Waals surface area contributed by atoms with Crippen LogP contribution in [0.4, 0.5) is 5.69 Å². The molecule has 94 valence electrons. The van der Waals surface area contributed by atoms with Crippen molar-refractivity contribution in [3.05, 3.63) is 45.5 Å². The van der Waals surface area contributed by atoms with E-state index in [2.05, 4.69) is 10.3 Å². The molecule has 0 spiro atoms. The van der Waals surface area contributed by atoms with Crippen molar-refractivity contribution in [2.24, 2.45) is 0 Å². The molecule has 0 saturated carbocycles. The first-order valence-corrected chi connectivity index (χ1v) is 6.42. The minimum Gasteiger partial charge on any atom is -0.312 e. The van der Waals surface area contributed by atoms with Crippen molar-refractivity contribution < 1.29 is 4.92 Å². The number of nitro benzene ring substituents is 1. The van der Waals surface area contributed by atoms with Gasteiger partial charge in [0.2, 0.25) is 0 Å². The minimum absolute atomic E-state index is 0.0935. The fraction of sp³-hybridized carbons (Fsp3) is 0.250. The van der Waals surface area contributed by atoms with Crippen molar-refractivity contribution in [2.45, 2.75) is 13.5 Å². The lowest BCUT2D eigenvalue weighted by Gasteiger charge is -1.97. The molecule has 0 fully saturated rings. The number of thiazole rings is 1. The van der Waals surface area contributed by atoms with Crippen molar-refractivity contribution >= 4 is 17.0 Å². The van der Waals surface area contributed by atoms with Gasteiger partial charge in [0.1, 0.15) is 5.01 Å². The van der Waals surface area contributed by atoms with Gasteiger partial charge in [0.25, 0.3) is 5.69 Å². The summed E-state index contributed by atoms with van der Waals surface area (Å²) in [7, 11) is 0. The fourth-order valence-corrected chi connectivity index (χ4v) is 2.40. The Morgan fingerprint density at radius 2 is 2.33 bits per heavy atom. The summed E-state index contributed by atoms with van der Waals surface area (Å²) in [5.74, 6) is 0. The van der Waals surface area contributed by atoms with E-state index in [4.69, 9.17) is 0 Å². The van der Waals surface area contributed by atoms with E-state index in [0.29, 0.717) is 0 Å². The SMILES string of the molecule is CCNCc1cnc(-c2cccc([N+](=O)[O-])c2)s1. The Morgan fingerprint density at radius 3 is 3.06 bits per heavy atom. The number of aromatic nitrogens is 1. The van der Waals surface area contributed by atoms with Crippen LogP contribution in [0.25, 0.3) is 10.6 Å². The molecule has 1 heterocycles. The van der Waals surface area contributed by atoms with Crippen LogP contribution in [0.2, 0.25) is 0 Å². The molecule has 6 heteroatoms. The summed E-state index contributed by atoms with van der Waals surface area (Å²) in [5.41, 5.74) is 0.882. The second-order valence-corrected chi connectivity index (χ2v) is 4.83. The van der Waals surface area contributed by atoms with Gasteiger partial charge in [-0.25, -0.2) is 4.98 Å². The molecule has 0 aliphatic carbocycles. The third-order valence-corrected chi connectivity index (χ3v) is 3.45. The van der Waals surface area contributed by atoms with E-state index < -0.39 is 4.92 Å². The average molecular weight is 263 g/mol. The van der Waals surface area contributed by atoms with Gasteiger partial charge in [0.05, 0.1) is 4.92 Å². The summed E-state index contributed by atoms with van der Waals surface area (Å²) >= 11 is 1.55. The van der Waals surface area contributed by atoms with Crippen LogP contribution in [0.1, 0.15) is 11.8 Å². The lowest BCUT2D eigenvalue weighted by atomic mass is 10.2. The smallest absolute Gasteiger partial charge is 0.270 e. The Bertz CT molecular complexity index is 554. The maximum atomic E-state index is 10.7. The Morgan fingerprint density at radius 1 is 1.50 bits per heavy atom. The molecule has 2 aromatic rings. The number of nitro groups is 1. The van der Waals surface area contributed by atoms with Gasteiger partial charge in [-0.05, 0) is 6.54 Å². The highest BCUT2D eigenvalue weighted by atomic mass is 32.1. The first-order chi connectivity index (χ1) is 8.70. The number of hydrogen-bond donors (Lipinski definition) is 1. The normalized spacial score (nSPS) is 10.5. The van der Waals surface area contributed by atoms with E-state index in [0.717, 1.165) is 28.5 Å². The van der Waals surface area contributed by atoms with Gasteiger partial charge in [-0.1, -0.05) is 19.1 Å². The zero-order valence-corrected chi connectivity index (χ0v) is 10.7. The zero-order valence-electron chi connectivity index (χ0n) is 9.92. The van der Waals surface area contributed by atoms with Crippen molar-refractivity contribution in [3.63, 3.8) is 0 Å². The summed E-state index contributed by atoms with van der Waals surface area (Å²) in [4.78, 5) is 15.7. The summed E-state index contributed by atoms with van der Waals surface area (Å²) in [6.45, 7) is 3.73. The Hall–Kier alpha value is -1.79. The number of hydrogen-bond acceptors (Lipinski definition) is 5. The van der Waals surface area contributed by atoms with Crippen LogP contribution in [-0.4, -0.2) is 16.5 Å². The number of nitrogens with one attached hydrogen (secondary N) is 1. The van der Waals surface area contributed by atoms with Crippen LogP contribution < -0.4 is 5.32 Å². The van der Waals surface area contributed by atoms with Crippen LogP contribution in [0.3, 0.4) is 0 Å². The van der Waals surface area contributed by atoms with Crippen LogP contribution in [0.15, 0.2) is 30.5 Å². The largest absolute Gasteiger partial charge is 0.312 e. The second-order valence-electron chi connectivity index (χ2n) is 3.72. The monoisotopic (exact) mass is 263 g/mol. The van der Waals surface area contributed by atoms with Crippen LogP contribution in [-0.2, 0) is 6.54 Å². The molecule has 5 nitrogen and oxygen atoms in total. The van der Waals surface area contributed by atoms with E-state index in [-0.39, 0.29) is 5.69 Å². The first-order valence-electron chi connectivity index (χ1n) is 5.61. The minimum atomic E-state index is -0.392. The quantitative estimate of drug-likeness (QED) is 0.665. The van der Waals surface area contributed by atoms with E-state index in [1.807, 2.05) is 19.2 Å². The number of nitrogens with zero attached hydrogens (tertiary/aromatic N) is 2. The molecule has 1 aromatic heterocycles. The molecule has 0 aliphatic heterocycles. The molecule has 0 aliphatic rings. The van der Waals surface area contributed by atoms with E-state index in [1.165, 1.54) is 6.07 Å². The molecule has 2 rings (SSSR count). The highest BCUT2D eigenvalue weighted by Crippen LogP contribution is 2.27. The molecular weight excluding hydrogens is 250 g/mol. The van der Waals surface area contributed by atoms with Crippen LogP contribution >= 0.6 is 11.3 Å². The van der Waals surface area contributed by atoms with Gasteiger partial charge in [-0.15, -0.1) is 11.3 Å². The van der Waals surface area contributed by atoms with E-state index >= 15 is 0 Å². The summed E-state index contributed by atoms with van der Waals surface area (Å²) in [6.07, 6.45) is 1.81. The van der Waals surface area contributed by atoms with Crippen molar-refractivity contribution in [2.75, 3.05) is 6.54 Å². The highest BCUT2D eigenvalue weighted by Gasteiger charge is 2.09. The summed E-state index contributed by atoms with van der Waals surface area (Å²) in [6, 6.07) is 6.55. The zero-order chi connectivity index (χ0) is 13.0. The van der Waals surface area contributed by atoms with Crippen LogP contribution in [0.5, 0.6) is 0 Å². The predicted octanol–water partition coefficient (Wildman–Crippen LogP) is 2.83. The second kappa shape index (κ2) is 5.70. The molecule has 18 heavy (non-hydrogen) atoms. The van der Waals surface area contributed by atoms with Gasteiger partial charge in [0, 0.05) is 35.3 Å².